The molecule has 154 valence electrons. The van der Waals surface area contributed by atoms with Gasteiger partial charge in [0.25, 0.3) is 6.43 Å². The number of furan rings is 1. The summed E-state index contributed by atoms with van der Waals surface area (Å²) in [5.41, 5.74) is 3.39. The van der Waals surface area contributed by atoms with Crippen LogP contribution in [-0.4, -0.2) is 20.7 Å². The lowest BCUT2D eigenvalue weighted by Crippen LogP contribution is -2.20. The van der Waals surface area contributed by atoms with Crippen molar-refractivity contribution in [3.8, 4) is 11.5 Å². The third kappa shape index (κ3) is 3.68. The van der Waals surface area contributed by atoms with Crippen molar-refractivity contribution in [3.63, 3.8) is 0 Å². The SMILES string of the molecule is Cc1ccc(NC(=O)Cn2nc(C)c3c(C(F)F)cc(-c4ccco4)nc32)c(C)c1. The predicted molar refractivity (Wildman–Crippen MR) is 109 cm³/mol. The molecule has 1 amide bonds. The van der Waals surface area contributed by atoms with Crippen LogP contribution in [0.2, 0.25) is 0 Å². The Morgan fingerprint density at radius 1 is 1.20 bits per heavy atom. The van der Waals surface area contributed by atoms with Crippen molar-refractivity contribution >= 4 is 22.6 Å². The molecule has 4 aromatic rings. The van der Waals surface area contributed by atoms with Gasteiger partial charge in [-0.3, -0.25) is 4.79 Å². The van der Waals surface area contributed by atoms with Gasteiger partial charge in [0.1, 0.15) is 12.2 Å². The molecule has 0 fully saturated rings. The molecule has 0 radical (unpaired) electrons. The van der Waals surface area contributed by atoms with Crippen LogP contribution in [0.25, 0.3) is 22.5 Å². The number of anilines is 1. The van der Waals surface area contributed by atoms with Crippen molar-refractivity contribution in [2.45, 2.75) is 33.7 Å². The number of amides is 1. The van der Waals surface area contributed by atoms with E-state index < -0.39 is 6.43 Å². The number of fused-ring (bicyclic) bond motifs is 1. The Morgan fingerprint density at radius 3 is 2.67 bits per heavy atom. The van der Waals surface area contributed by atoms with Gasteiger partial charge in [0.05, 0.1) is 17.3 Å². The van der Waals surface area contributed by atoms with Crippen LogP contribution in [0.5, 0.6) is 0 Å². The van der Waals surface area contributed by atoms with Crippen LogP contribution in [0.1, 0.15) is 28.8 Å². The highest BCUT2D eigenvalue weighted by atomic mass is 19.3. The molecule has 6 nitrogen and oxygen atoms in total. The molecule has 3 heterocycles. The number of hydrogen-bond donors (Lipinski definition) is 1. The van der Waals surface area contributed by atoms with Crippen molar-refractivity contribution < 1.29 is 18.0 Å². The van der Waals surface area contributed by atoms with Crippen molar-refractivity contribution in [3.05, 3.63) is 65.0 Å². The molecule has 0 aliphatic carbocycles. The molecule has 4 rings (SSSR count). The van der Waals surface area contributed by atoms with E-state index in [1.807, 2.05) is 32.0 Å². The van der Waals surface area contributed by atoms with E-state index in [-0.39, 0.29) is 34.7 Å². The first kappa shape index (κ1) is 19.8. The Kier molecular flexibility index (Phi) is 5.07. The van der Waals surface area contributed by atoms with Gasteiger partial charge >= 0.3 is 0 Å². The van der Waals surface area contributed by atoms with Crippen molar-refractivity contribution in [1.29, 1.82) is 0 Å². The number of halogens is 2. The number of alkyl halides is 2. The normalized spacial score (nSPS) is 11.4. The van der Waals surface area contributed by atoms with E-state index in [1.165, 1.54) is 17.0 Å². The van der Waals surface area contributed by atoms with E-state index in [0.717, 1.165) is 11.1 Å². The number of carbonyl (C=O) groups excluding carboxylic acids is 1. The molecule has 8 heteroatoms. The van der Waals surface area contributed by atoms with Crippen LogP contribution in [0.15, 0.2) is 47.1 Å². The van der Waals surface area contributed by atoms with Gasteiger partial charge in [0.2, 0.25) is 5.91 Å². The van der Waals surface area contributed by atoms with E-state index in [0.29, 0.717) is 17.1 Å². The van der Waals surface area contributed by atoms with Crippen molar-refractivity contribution in [2.75, 3.05) is 5.32 Å². The highest BCUT2D eigenvalue weighted by molar-refractivity contribution is 5.93. The van der Waals surface area contributed by atoms with Crippen molar-refractivity contribution in [1.82, 2.24) is 14.8 Å². The Balaban J connectivity index is 1.72. The maximum atomic E-state index is 13.8. The summed E-state index contributed by atoms with van der Waals surface area (Å²) >= 11 is 0. The van der Waals surface area contributed by atoms with Gasteiger partial charge in [0.15, 0.2) is 11.4 Å². The second kappa shape index (κ2) is 7.70. The average Bonchev–Trinajstić information content (AvgIpc) is 3.32. The summed E-state index contributed by atoms with van der Waals surface area (Å²) in [5.74, 6) is 0.0408. The van der Waals surface area contributed by atoms with Gasteiger partial charge in [-0.25, -0.2) is 18.4 Å². The molecule has 3 aromatic heterocycles. The van der Waals surface area contributed by atoms with Crippen LogP contribution in [0.3, 0.4) is 0 Å². The maximum absolute atomic E-state index is 13.8. The van der Waals surface area contributed by atoms with Gasteiger partial charge in [0, 0.05) is 11.3 Å². The zero-order chi connectivity index (χ0) is 21.4. The summed E-state index contributed by atoms with van der Waals surface area (Å²) in [7, 11) is 0. The largest absolute Gasteiger partial charge is 0.463 e. The first-order chi connectivity index (χ1) is 14.3. The Bertz CT molecular complexity index is 1230. The van der Waals surface area contributed by atoms with E-state index in [4.69, 9.17) is 4.42 Å². The number of aromatic nitrogens is 3. The van der Waals surface area contributed by atoms with Crippen molar-refractivity contribution in [2.24, 2.45) is 0 Å². The zero-order valence-corrected chi connectivity index (χ0v) is 16.7. The monoisotopic (exact) mass is 410 g/mol. The van der Waals surface area contributed by atoms with Crippen LogP contribution in [-0.2, 0) is 11.3 Å². The highest BCUT2D eigenvalue weighted by Crippen LogP contribution is 2.33. The Morgan fingerprint density at radius 2 is 2.00 bits per heavy atom. The number of rotatable bonds is 5. The minimum atomic E-state index is -2.72. The number of pyridine rings is 1. The Labute approximate surface area is 171 Å². The molecular formula is C22H20F2N4O2. The van der Waals surface area contributed by atoms with Gasteiger partial charge in [-0.15, -0.1) is 0 Å². The van der Waals surface area contributed by atoms with Gasteiger partial charge in [-0.1, -0.05) is 17.7 Å². The van der Waals surface area contributed by atoms with E-state index >= 15 is 0 Å². The quantitative estimate of drug-likeness (QED) is 0.491. The highest BCUT2D eigenvalue weighted by Gasteiger charge is 2.22. The summed E-state index contributed by atoms with van der Waals surface area (Å²) in [6, 6.07) is 10.3. The lowest BCUT2D eigenvalue weighted by molar-refractivity contribution is -0.116. The molecule has 0 aliphatic heterocycles. The fourth-order valence-corrected chi connectivity index (χ4v) is 3.50. The predicted octanol–water partition coefficient (Wildman–Crippen LogP) is 5.19. The molecular weight excluding hydrogens is 390 g/mol. The number of carbonyl (C=O) groups is 1. The van der Waals surface area contributed by atoms with E-state index in [9.17, 15) is 13.6 Å². The zero-order valence-electron chi connectivity index (χ0n) is 16.7. The standard InChI is InChI=1S/C22H20F2N4O2/c1-12-6-7-16(13(2)9-12)25-19(29)11-28-22-20(14(3)27-28)15(21(23)24)10-17(26-22)18-5-4-8-30-18/h4-10,21H,11H2,1-3H3,(H,25,29). The molecule has 30 heavy (non-hydrogen) atoms. The number of hydrogen-bond acceptors (Lipinski definition) is 4. The van der Waals surface area contributed by atoms with Crippen LogP contribution in [0, 0.1) is 20.8 Å². The summed E-state index contributed by atoms with van der Waals surface area (Å²) in [5, 5.41) is 7.40. The third-order valence-corrected chi connectivity index (χ3v) is 4.87. The summed E-state index contributed by atoms with van der Waals surface area (Å²) in [6.45, 7) is 5.35. The summed E-state index contributed by atoms with van der Waals surface area (Å²) in [4.78, 5) is 17.1. The fourth-order valence-electron chi connectivity index (χ4n) is 3.50. The molecule has 0 atom stereocenters. The average molecular weight is 410 g/mol. The molecule has 0 unspecified atom stereocenters. The molecule has 0 bridgehead atoms. The molecule has 0 saturated carbocycles. The summed E-state index contributed by atoms with van der Waals surface area (Å²) < 4.78 is 34.2. The number of benzene rings is 1. The molecule has 0 spiro atoms. The van der Waals surface area contributed by atoms with Crippen LogP contribution >= 0.6 is 0 Å². The number of aryl methyl sites for hydroxylation is 3. The molecule has 0 saturated heterocycles. The topological polar surface area (TPSA) is 73.0 Å². The lowest BCUT2D eigenvalue weighted by atomic mass is 10.1. The van der Waals surface area contributed by atoms with Crippen LogP contribution < -0.4 is 5.32 Å². The van der Waals surface area contributed by atoms with E-state index in [1.54, 1.807) is 19.1 Å². The molecule has 0 aliphatic rings. The Hall–Kier alpha value is -3.55. The number of nitrogens with one attached hydrogen (secondary N) is 1. The first-order valence-corrected chi connectivity index (χ1v) is 9.40. The summed E-state index contributed by atoms with van der Waals surface area (Å²) in [6.07, 6.45) is -1.27. The molecule has 1 aromatic carbocycles. The minimum absolute atomic E-state index is 0.158. The van der Waals surface area contributed by atoms with E-state index in [2.05, 4.69) is 15.4 Å². The second-order valence-electron chi connectivity index (χ2n) is 7.18. The third-order valence-electron chi connectivity index (χ3n) is 4.87. The number of nitrogens with zero attached hydrogens (tertiary/aromatic N) is 3. The van der Waals surface area contributed by atoms with Gasteiger partial charge < -0.3 is 9.73 Å². The first-order valence-electron chi connectivity index (χ1n) is 9.40. The van der Waals surface area contributed by atoms with Crippen LogP contribution in [0.4, 0.5) is 14.5 Å². The lowest BCUT2D eigenvalue weighted by Gasteiger charge is -2.10. The fraction of sp³-hybridized carbons (Fsp3) is 0.227. The molecule has 1 N–H and O–H groups in total. The smallest absolute Gasteiger partial charge is 0.264 e. The maximum Gasteiger partial charge on any atom is 0.264 e. The van der Waals surface area contributed by atoms with Gasteiger partial charge in [-0.2, -0.15) is 5.10 Å². The second-order valence-corrected chi connectivity index (χ2v) is 7.18. The van der Waals surface area contributed by atoms with Gasteiger partial charge in [-0.05, 0) is 50.6 Å². The minimum Gasteiger partial charge on any atom is -0.463 e.